The number of quaternary nitrogens is 1. The molecule has 404 valence electrons. The van der Waals surface area contributed by atoms with Crippen molar-refractivity contribution in [2.75, 3.05) is 40.0 Å². The number of carbonyl (C=O) groups excluding carboxylic acids is 4. The van der Waals surface area contributed by atoms with E-state index in [-0.39, 0.29) is 50.2 Å². The standard InChI is InChI=1S/C57H102N3O9S/c1-6-9-12-15-17-19-21-23-25-27-29-31-33-40-52(61)66-47-51(48-67-53(62)41-34-32-30-28-26-24-22-20-18-16-13-10-7-2)69-55(64)43-36-35-42-54(63)68-49(4)60(5)44-38-39-50(46-60)56-57(59-70-58-56)65-45-37-14-11-8-3/h39,49,51H,6-38,40-48H2,1-5H3/q+1/t49-,60?/m1/s1. The maximum atomic E-state index is 13.0. The highest BCUT2D eigenvalue weighted by molar-refractivity contribution is 6.99. The summed E-state index contributed by atoms with van der Waals surface area (Å²) in [5.41, 5.74) is 1.84. The van der Waals surface area contributed by atoms with Crippen LogP contribution < -0.4 is 4.74 Å². The van der Waals surface area contributed by atoms with Crippen molar-refractivity contribution in [2.24, 2.45) is 0 Å². The van der Waals surface area contributed by atoms with E-state index in [1.54, 1.807) is 0 Å². The fourth-order valence-electron chi connectivity index (χ4n) is 9.08. The van der Waals surface area contributed by atoms with Crippen molar-refractivity contribution >= 4 is 41.2 Å². The second kappa shape index (κ2) is 42.4. The Balaban J connectivity index is 1.74. The summed E-state index contributed by atoms with van der Waals surface area (Å²) in [5.74, 6) is -0.895. The zero-order valence-electron chi connectivity index (χ0n) is 45.4. The Bertz CT molecular complexity index is 1480. The zero-order valence-corrected chi connectivity index (χ0v) is 46.2. The molecule has 0 fully saturated rings. The molecular weight excluding hydrogens is 903 g/mol. The van der Waals surface area contributed by atoms with Crippen LogP contribution in [0, 0.1) is 0 Å². The van der Waals surface area contributed by atoms with Gasteiger partial charge >= 0.3 is 23.9 Å². The second-order valence-electron chi connectivity index (χ2n) is 20.5. The van der Waals surface area contributed by atoms with Crippen molar-refractivity contribution in [3.05, 3.63) is 11.8 Å². The average Bonchev–Trinajstić information content (AvgIpc) is 3.82. The normalized spacial score (nSPS) is 15.1. The Morgan fingerprint density at radius 1 is 0.529 bits per heavy atom. The SMILES string of the molecule is CCCCCCCCCCCCCCCC(=O)OCC(COC(=O)CCCCCCCCCCCCCCC)OC(=O)CCCCC(=O)O[C@H](C)[N+]1(C)CCC=C(c2nsnc2OCCCCCC)C1. The number of hydrogen-bond donors (Lipinski definition) is 0. The van der Waals surface area contributed by atoms with Crippen molar-refractivity contribution in [1.29, 1.82) is 0 Å². The van der Waals surface area contributed by atoms with Gasteiger partial charge in [-0.3, -0.25) is 23.7 Å². The van der Waals surface area contributed by atoms with Gasteiger partial charge in [0.05, 0.1) is 31.9 Å². The molecule has 0 radical (unpaired) electrons. The zero-order chi connectivity index (χ0) is 50.8. The lowest BCUT2D eigenvalue weighted by Gasteiger charge is -2.41. The van der Waals surface area contributed by atoms with Gasteiger partial charge in [-0.15, -0.1) is 4.37 Å². The highest BCUT2D eigenvalue weighted by Gasteiger charge is 2.36. The number of likely N-dealkylation sites (N-methyl/N-ethyl adjacent to an activating group) is 1. The van der Waals surface area contributed by atoms with Gasteiger partial charge in [0.1, 0.15) is 25.5 Å². The summed E-state index contributed by atoms with van der Waals surface area (Å²) >= 11 is 1.15. The molecule has 0 aliphatic carbocycles. The summed E-state index contributed by atoms with van der Waals surface area (Å²) in [6.45, 7) is 10.4. The molecule has 0 aromatic carbocycles. The van der Waals surface area contributed by atoms with Crippen LogP contribution in [0.25, 0.3) is 5.57 Å². The van der Waals surface area contributed by atoms with E-state index in [1.165, 1.54) is 141 Å². The first-order valence-corrected chi connectivity index (χ1v) is 29.5. The molecule has 70 heavy (non-hydrogen) atoms. The van der Waals surface area contributed by atoms with Gasteiger partial charge in [0.2, 0.25) is 6.23 Å². The molecule has 1 aliphatic rings. The minimum absolute atomic E-state index is 0.0752. The van der Waals surface area contributed by atoms with Crippen LogP contribution in [-0.2, 0) is 38.1 Å². The highest BCUT2D eigenvalue weighted by atomic mass is 32.1. The summed E-state index contributed by atoms with van der Waals surface area (Å²) in [4.78, 5) is 51.5. The summed E-state index contributed by atoms with van der Waals surface area (Å²) in [5, 5.41) is 0. The van der Waals surface area contributed by atoms with E-state index < -0.39 is 12.1 Å². The minimum Gasteiger partial charge on any atom is -0.475 e. The molecule has 2 rings (SSSR count). The number of esters is 4. The van der Waals surface area contributed by atoms with Crippen molar-refractivity contribution < 1.29 is 47.3 Å². The third kappa shape index (κ3) is 32.1. The second-order valence-corrected chi connectivity index (χ2v) is 21.0. The van der Waals surface area contributed by atoms with E-state index in [9.17, 15) is 19.2 Å². The molecule has 1 unspecified atom stereocenters. The molecule has 13 heteroatoms. The molecule has 12 nitrogen and oxygen atoms in total. The molecule has 0 saturated heterocycles. The van der Waals surface area contributed by atoms with Crippen LogP contribution in [-0.4, -0.2) is 89.4 Å². The first-order chi connectivity index (χ1) is 34.1. The number of ether oxygens (including phenoxy) is 5. The molecular formula is C57H102N3O9S+. The van der Waals surface area contributed by atoms with Crippen LogP contribution in [0.4, 0.5) is 0 Å². The Kier molecular flexibility index (Phi) is 38.2. The largest absolute Gasteiger partial charge is 0.475 e. The van der Waals surface area contributed by atoms with Crippen molar-refractivity contribution in [2.45, 2.75) is 278 Å². The fraction of sp³-hybridized carbons (Fsp3) is 0.860. The maximum absolute atomic E-state index is 13.0. The monoisotopic (exact) mass is 1000 g/mol. The number of rotatable bonds is 47. The Morgan fingerprint density at radius 2 is 0.914 bits per heavy atom. The molecule has 0 N–H and O–H groups in total. The van der Waals surface area contributed by atoms with Crippen LogP contribution in [0.3, 0.4) is 0 Å². The van der Waals surface area contributed by atoms with Gasteiger partial charge in [-0.1, -0.05) is 200 Å². The van der Waals surface area contributed by atoms with Gasteiger partial charge in [-0.2, -0.15) is 4.37 Å². The maximum Gasteiger partial charge on any atom is 0.310 e. The first kappa shape index (κ1) is 63.1. The van der Waals surface area contributed by atoms with Gasteiger partial charge in [-0.05, 0) is 32.1 Å². The van der Waals surface area contributed by atoms with Crippen LogP contribution >= 0.6 is 11.7 Å². The molecule has 0 spiro atoms. The molecule has 0 saturated carbocycles. The molecule has 0 bridgehead atoms. The topological polar surface area (TPSA) is 140 Å². The molecule has 1 aliphatic heterocycles. The lowest BCUT2D eigenvalue weighted by Crippen LogP contribution is -2.55. The molecule has 0 amide bonds. The predicted octanol–water partition coefficient (Wildman–Crippen LogP) is 15.1. The van der Waals surface area contributed by atoms with E-state index in [0.29, 0.717) is 49.2 Å². The third-order valence-electron chi connectivity index (χ3n) is 13.9. The Labute approximate surface area is 430 Å². The summed E-state index contributed by atoms with van der Waals surface area (Å²) in [6.07, 6.45) is 39.8. The summed E-state index contributed by atoms with van der Waals surface area (Å²) < 4.78 is 38.3. The summed E-state index contributed by atoms with van der Waals surface area (Å²) in [7, 11) is 2.09. The summed E-state index contributed by atoms with van der Waals surface area (Å²) in [6, 6.07) is 0. The Hall–Kier alpha value is -3.06. The number of carbonyl (C=O) groups is 4. The van der Waals surface area contributed by atoms with Gasteiger partial charge in [0, 0.05) is 44.6 Å². The van der Waals surface area contributed by atoms with Crippen LogP contribution in [0.1, 0.15) is 271 Å². The van der Waals surface area contributed by atoms with E-state index in [0.717, 1.165) is 87.3 Å². The Morgan fingerprint density at radius 3 is 1.37 bits per heavy atom. The predicted molar refractivity (Wildman–Crippen MR) is 285 cm³/mol. The number of aromatic nitrogens is 2. The van der Waals surface area contributed by atoms with Crippen molar-refractivity contribution in [1.82, 2.24) is 8.75 Å². The smallest absolute Gasteiger partial charge is 0.310 e. The van der Waals surface area contributed by atoms with Crippen LogP contribution in [0.2, 0.25) is 0 Å². The van der Waals surface area contributed by atoms with Gasteiger partial charge in [-0.25, -0.2) is 0 Å². The van der Waals surface area contributed by atoms with Gasteiger partial charge in [0.15, 0.2) is 6.10 Å². The number of nitrogens with zero attached hydrogens (tertiary/aromatic N) is 3. The molecule has 1 aromatic heterocycles. The van der Waals surface area contributed by atoms with Gasteiger partial charge < -0.3 is 23.7 Å². The van der Waals surface area contributed by atoms with Gasteiger partial charge in [0.25, 0.3) is 5.88 Å². The molecule has 1 aromatic rings. The quantitative estimate of drug-likeness (QED) is 0.0267. The number of unbranched alkanes of at least 4 members (excludes halogenated alkanes) is 28. The van der Waals surface area contributed by atoms with E-state index in [1.807, 2.05) is 6.92 Å². The highest BCUT2D eigenvalue weighted by Crippen LogP contribution is 2.32. The average molecular weight is 1010 g/mol. The van der Waals surface area contributed by atoms with E-state index in [2.05, 4.69) is 42.6 Å². The van der Waals surface area contributed by atoms with Crippen LogP contribution in [0.15, 0.2) is 6.08 Å². The van der Waals surface area contributed by atoms with E-state index in [4.69, 9.17) is 23.7 Å². The minimum atomic E-state index is -0.897. The van der Waals surface area contributed by atoms with E-state index >= 15 is 0 Å². The molecule has 2 atom stereocenters. The lowest BCUT2D eigenvalue weighted by atomic mass is 10.0. The third-order valence-corrected chi connectivity index (χ3v) is 14.4. The fourth-order valence-corrected chi connectivity index (χ4v) is 9.61. The lowest BCUT2D eigenvalue weighted by molar-refractivity contribution is -0.944. The first-order valence-electron chi connectivity index (χ1n) is 28.8. The van der Waals surface area contributed by atoms with Crippen molar-refractivity contribution in [3.63, 3.8) is 0 Å². The van der Waals surface area contributed by atoms with Crippen LogP contribution in [0.5, 0.6) is 5.88 Å². The molecule has 2 heterocycles. The number of hydrogen-bond acceptors (Lipinski definition) is 12. The van der Waals surface area contributed by atoms with Crippen molar-refractivity contribution in [3.8, 4) is 5.88 Å².